The average Bonchev–Trinajstić information content (AvgIpc) is 2.62. The molecule has 6 nitrogen and oxygen atoms in total. The number of nitrogens with zero attached hydrogens (tertiary/aromatic N) is 2. The Labute approximate surface area is 138 Å². The van der Waals surface area contributed by atoms with E-state index >= 15 is 0 Å². The predicted octanol–water partition coefficient (Wildman–Crippen LogP) is 2.06. The van der Waals surface area contributed by atoms with Gasteiger partial charge in [0, 0.05) is 5.56 Å². The van der Waals surface area contributed by atoms with Gasteiger partial charge in [-0.25, -0.2) is 4.79 Å². The highest BCUT2D eigenvalue weighted by atomic mass is 16.7. The molecular weight excluding hydrogens is 308 g/mol. The minimum Gasteiger partial charge on any atom is -0.463 e. The van der Waals surface area contributed by atoms with Crippen molar-refractivity contribution in [1.82, 2.24) is 9.71 Å². The Morgan fingerprint density at radius 1 is 1.08 bits per heavy atom. The second-order valence-electron chi connectivity index (χ2n) is 5.00. The van der Waals surface area contributed by atoms with Gasteiger partial charge in [0.05, 0.1) is 17.5 Å². The summed E-state index contributed by atoms with van der Waals surface area (Å²) in [5, 5.41) is 0.418. The molecule has 1 heterocycles. The maximum absolute atomic E-state index is 12.3. The molecule has 0 fully saturated rings. The van der Waals surface area contributed by atoms with Crippen molar-refractivity contribution in [3.63, 3.8) is 0 Å². The molecule has 0 bridgehead atoms. The monoisotopic (exact) mass is 324 g/mol. The smallest absolute Gasteiger partial charge is 0.346 e. The first-order chi connectivity index (χ1) is 11.7. The summed E-state index contributed by atoms with van der Waals surface area (Å²) in [7, 11) is 0. The van der Waals surface area contributed by atoms with E-state index in [2.05, 4.69) is 4.98 Å². The molecule has 1 aromatic heterocycles. The van der Waals surface area contributed by atoms with Gasteiger partial charge in [-0.2, -0.15) is 9.71 Å². The van der Waals surface area contributed by atoms with Crippen LogP contribution in [-0.2, 0) is 9.53 Å². The molecule has 6 heteroatoms. The number of para-hydroxylation sites is 1. The van der Waals surface area contributed by atoms with Gasteiger partial charge >= 0.3 is 5.97 Å². The van der Waals surface area contributed by atoms with E-state index in [0.29, 0.717) is 22.3 Å². The molecule has 122 valence electrons. The molecule has 0 saturated heterocycles. The number of rotatable bonds is 5. The third-order valence-corrected chi connectivity index (χ3v) is 3.40. The van der Waals surface area contributed by atoms with Crippen LogP contribution in [0.4, 0.5) is 0 Å². The lowest BCUT2D eigenvalue weighted by atomic mass is 10.2. The topological polar surface area (TPSA) is 70.4 Å². The number of benzene rings is 2. The van der Waals surface area contributed by atoms with Gasteiger partial charge in [-0.1, -0.05) is 42.5 Å². The Balaban J connectivity index is 2.14. The molecule has 0 aliphatic carbocycles. The fourth-order valence-electron chi connectivity index (χ4n) is 2.37. The van der Waals surface area contributed by atoms with E-state index in [9.17, 15) is 9.59 Å². The average molecular weight is 324 g/mol. The molecule has 3 aromatic rings. The molecule has 0 N–H and O–H groups in total. The first kappa shape index (κ1) is 15.7. The molecule has 2 aromatic carbocycles. The molecule has 0 saturated carbocycles. The van der Waals surface area contributed by atoms with E-state index in [1.807, 2.05) is 30.3 Å². The normalized spacial score (nSPS) is 10.5. The van der Waals surface area contributed by atoms with Gasteiger partial charge < -0.3 is 9.57 Å². The van der Waals surface area contributed by atoms with Crippen LogP contribution < -0.4 is 10.4 Å². The zero-order chi connectivity index (χ0) is 16.9. The van der Waals surface area contributed by atoms with Crippen LogP contribution in [-0.4, -0.2) is 28.9 Å². The summed E-state index contributed by atoms with van der Waals surface area (Å²) in [5.74, 6) is -0.150. The molecular formula is C18H16N2O4. The third-order valence-electron chi connectivity index (χ3n) is 3.40. The van der Waals surface area contributed by atoms with Crippen molar-refractivity contribution in [2.24, 2.45) is 0 Å². The second-order valence-corrected chi connectivity index (χ2v) is 5.00. The molecule has 0 amide bonds. The van der Waals surface area contributed by atoms with E-state index in [1.165, 1.54) is 4.73 Å². The fourth-order valence-corrected chi connectivity index (χ4v) is 2.37. The maximum Gasteiger partial charge on any atom is 0.346 e. The van der Waals surface area contributed by atoms with Crippen LogP contribution in [0.2, 0.25) is 0 Å². The van der Waals surface area contributed by atoms with Crippen molar-refractivity contribution in [2.75, 3.05) is 13.2 Å². The second kappa shape index (κ2) is 6.95. The minimum absolute atomic E-state index is 0.275. The quantitative estimate of drug-likeness (QED) is 0.672. The molecule has 24 heavy (non-hydrogen) atoms. The summed E-state index contributed by atoms with van der Waals surface area (Å²) < 4.78 is 6.29. The summed E-state index contributed by atoms with van der Waals surface area (Å²) in [4.78, 5) is 33.7. The van der Waals surface area contributed by atoms with Gasteiger partial charge in [0.15, 0.2) is 5.82 Å². The first-order valence-electron chi connectivity index (χ1n) is 7.57. The van der Waals surface area contributed by atoms with Crippen LogP contribution in [0.15, 0.2) is 59.4 Å². The van der Waals surface area contributed by atoms with Crippen molar-refractivity contribution in [2.45, 2.75) is 6.92 Å². The highest BCUT2D eigenvalue weighted by molar-refractivity contribution is 5.80. The van der Waals surface area contributed by atoms with Gasteiger partial charge in [-0.15, -0.1) is 0 Å². The van der Waals surface area contributed by atoms with E-state index in [1.54, 1.807) is 31.2 Å². The van der Waals surface area contributed by atoms with Crippen molar-refractivity contribution in [3.05, 3.63) is 65.0 Å². The van der Waals surface area contributed by atoms with Crippen LogP contribution in [0.3, 0.4) is 0 Å². The van der Waals surface area contributed by atoms with Crippen molar-refractivity contribution >= 4 is 16.9 Å². The zero-order valence-electron chi connectivity index (χ0n) is 13.1. The Morgan fingerprint density at radius 3 is 2.54 bits per heavy atom. The lowest BCUT2D eigenvalue weighted by molar-refractivity contribution is -0.148. The summed E-state index contributed by atoms with van der Waals surface area (Å²) in [6.07, 6.45) is 0. The van der Waals surface area contributed by atoms with Gasteiger partial charge in [0.2, 0.25) is 6.61 Å². The molecule has 0 radical (unpaired) electrons. The minimum atomic E-state index is -0.487. The Bertz CT molecular complexity index is 919. The SMILES string of the molecule is CCOC(=O)COn1c(-c2ccccc2)nc(=O)c2ccccc21. The lowest BCUT2D eigenvalue weighted by Gasteiger charge is -2.16. The van der Waals surface area contributed by atoms with Gasteiger partial charge in [-0.3, -0.25) is 4.79 Å². The molecule has 0 unspecified atom stereocenters. The Hall–Kier alpha value is -3.15. The first-order valence-corrected chi connectivity index (χ1v) is 7.57. The van der Waals surface area contributed by atoms with E-state index < -0.39 is 5.97 Å². The highest BCUT2D eigenvalue weighted by Gasteiger charge is 2.14. The summed E-state index contributed by atoms with van der Waals surface area (Å²) in [5.41, 5.74) is 0.908. The lowest BCUT2D eigenvalue weighted by Crippen LogP contribution is -2.26. The maximum atomic E-state index is 12.3. The number of carbonyl (C=O) groups excluding carboxylic acids is 1. The Morgan fingerprint density at radius 2 is 1.79 bits per heavy atom. The standard InChI is InChI=1S/C18H16N2O4/c1-2-23-16(21)12-24-20-15-11-7-6-10-14(15)18(22)19-17(20)13-8-4-3-5-9-13/h3-11H,2,12H2,1H3. The van der Waals surface area contributed by atoms with Gasteiger partial charge in [0.1, 0.15) is 0 Å². The van der Waals surface area contributed by atoms with Crippen LogP contribution >= 0.6 is 0 Å². The van der Waals surface area contributed by atoms with Gasteiger partial charge in [-0.05, 0) is 19.1 Å². The van der Waals surface area contributed by atoms with Crippen molar-refractivity contribution < 1.29 is 14.4 Å². The molecule has 0 atom stereocenters. The largest absolute Gasteiger partial charge is 0.463 e. The van der Waals surface area contributed by atoms with Crippen LogP contribution in [0.1, 0.15) is 6.92 Å². The van der Waals surface area contributed by atoms with E-state index in [4.69, 9.17) is 9.57 Å². The molecule has 0 aliphatic heterocycles. The molecule has 3 rings (SSSR count). The van der Waals surface area contributed by atoms with Gasteiger partial charge in [0.25, 0.3) is 5.56 Å². The van der Waals surface area contributed by atoms with Crippen molar-refractivity contribution in [1.29, 1.82) is 0 Å². The summed E-state index contributed by atoms with van der Waals surface area (Å²) in [6.45, 7) is 1.72. The van der Waals surface area contributed by atoms with Crippen LogP contribution in [0.25, 0.3) is 22.3 Å². The summed E-state index contributed by atoms with van der Waals surface area (Å²) in [6, 6.07) is 16.1. The number of fused-ring (bicyclic) bond motifs is 1. The highest BCUT2D eigenvalue weighted by Crippen LogP contribution is 2.19. The predicted molar refractivity (Wildman–Crippen MR) is 89.5 cm³/mol. The zero-order valence-corrected chi connectivity index (χ0v) is 13.1. The van der Waals surface area contributed by atoms with E-state index in [0.717, 1.165) is 0 Å². The van der Waals surface area contributed by atoms with E-state index in [-0.39, 0.29) is 18.8 Å². The van der Waals surface area contributed by atoms with Crippen LogP contribution in [0.5, 0.6) is 0 Å². The number of hydrogen-bond acceptors (Lipinski definition) is 5. The number of ether oxygens (including phenoxy) is 1. The molecule has 0 aliphatic rings. The Kier molecular flexibility index (Phi) is 4.56. The van der Waals surface area contributed by atoms with Crippen molar-refractivity contribution in [3.8, 4) is 11.4 Å². The fraction of sp³-hybridized carbons (Fsp3) is 0.167. The molecule has 0 spiro atoms. The third kappa shape index (κ3) is 3.12. The number of carbonyl (C=O) groups is 1. The number of hydrogen-bond donors (Lipinski definition) is 0. The summed E-state index contributed by atoms with van der Waals surface area (Å²) >= 11 is 0. The number of esters is 1. The number of aromatic nitrogens is 2. The van der Waals surface area contributed by atoms with Crippen LogP contribution in [0, 0.1) is 0 Å².